The first-order chi connectivity index (χ1) is 8.19. The standard InChI is InChI=1S/C13H18ClN3/c1-4-5-10(3)17-11(8-14)16-12-9(2)6-7-15-13(12)17/h6-7,10H,4-5,8H2,1-3H3. The average molecular weight is 252 g/mol. The number of rotatable bonds is 4. The van der Waals surface area contributed by atoms with Gasteiger partial charge in [-0.15, -0.1) is 11.6 Å². The zero-order chi connectivity index (χ0) is 12.4. The zero-order valence-corrected chi connectivity index (χ0v) is 11.3. The summed E-state index contributed by atoms with van der Waals surface area (Å²) in [6, 6.07) is 2.38. The van der Waals surface area contributed by atoms with Crippen LogP contribution in [-0.2, 0) is 5.88 Å². The van der Waals surface area contributed by atoms with Crippen LogP contribution in [0.5, 0.6) is 0 Å². The second-order valence-corrected chi connectivity index (χ2v) is 4.74. The molecule has 1 atom stereocenters. The van der Waals surface area contributed by atoms with E-state index in [4.69, 9.17) is 11.6 Å². The summed E-state index contributed by atoms with van der Waals surface area (Å²) in [5.74, 6) is 1.36. The summed E-state index contributed by atoms with van der Waals surface area (Å²) in [5, 5.41) is 0. The summed E-state index contributed by atoms with van der Waals surface area (Å²) in [4.78, 5) is 9.06. The Bertz CT molecular complexity index is 519. The van der Waals surface area contributed by atoms with Crippen molar-refractivity contribution >= 4 is 22.8 Å². The molecule has 0 saturated heterocycles. The molecule has 0 aliphatic rings. The highest BCUT2D eigenvalue weighted by Gasteiger charge is 2.16. The van der Waals surface area contributed by atoms with Crippen molar-refractivity contribution in [1.82, 2.24) is 14.5 Å². The van der Waals surface area contributed by atoms with Crippen LogP contribution in [0.15, 0.2) is 12.3 Å². The smallest absolute Gasteiger partial charge is 0.160 e. The topological polar surface area (TPSA) is 30.7 Å². The van der Waals surface area contributed by atoms with E-state index in [0.29, 0.717) is 11.9 Å². The van der Waals surface area contributed by atoms with Gasteiger partial charge in [0.1, 0.15) is 11.3 Å². The van der Waals surface area contributed by atoms with Gasteiger partial charge in [0, 0.05) is 12.2 Å². The first kappa shape index (κ1) is 12.4. The fourth-order valence-electron chi connectivity index (χ4n) is 2.26. The first-order valence-electron chi connectivity index (χ1n) is 6.07. The Morgan fingerprint density at radius 3 is 2.88 bits per heavy atom. The molecule has 0 saturated carbocycles. The van der Waals surface area contributed by atoms with Gasteiger partial charge in [0.2, 0.25) is 0 Å². The Hall–Kier alpha value is -1.09. The van der Waals surface area contributed by atoms with Gasteiger partial charge in [0.05, 0.1) is 5.88 Å². The van der Waals surface area contributed by atoms with Gasteiger partial charge >= 0.3 is 0 Å². The normalized spacial score (nSPS) is 13.2. The fourth-order valence-corrected chi connectivity index (χ4v) is 2.45. The number of nitrogens with zero attached hydrogens (tertiary/aromatic N) is 3. The Morgan fingerprint density at radius 2 is 2.24 bits per heavy atom. The molecule has 0 N–H and O–H groups in total. The van der Waals surface area contributed by atoms with Gasteiger partial charge in [-0.3, -0.25) is 0 Å². The third kappa shape index (κ3) is 2.16. The summed E-state index contributed by atoms with van der Waals surface area (Å²) in [6.45, 7) is 6.45. The van der Waals surface area contributed by atoms with Gasteiger partial charge in [-0.25, -0.2) is 9.97 Å². The van der Waals surface area contributed by atoms with Crippen molar-refractivity contribution in [3.63, 3.8) is 0 Å². The molecule has 2 aromatic rings. The van der Waals surface area contributed by atoms with Gasteiger partial charge in [-0.2, -0.15) is 0 Å². The Labute approximate surface area is 107 Å². The predicted octanol–water partition coefficient (Wildman–Crippen LogP) is 3.84. The summed E-state index contributed by atoms with van der Waals surface area (Å²) in [6.07, 6.45) is 4.10. The van der Waals surface area contributed by atoms with Crippen molar-refractivity contribution in [3.05, 3.63) is 23.7 Å². The lowest BCUT2D eigenvalue weighted by Gasteiger charge is -2.15. The van der Waals surface area contributed by atoms with Gasteiger partial charge in [0.25, 0.3) is 0 Å². The maximum atomic E-state index is 5.99. The van der Waals surface area contributed by atoms with E-state index in [1.807, 2.05) is 12.3 Å². The average Bonchev–Trinajstić information content (AvgIpc) is 2.69. The molecule has 0 aromatic carbocycles. The molecule has 4 heteroatoms. The SMILES string of the molecule is CCCC(C)n1c(CCl)nc2c(C)ccnc21. The van der Waals surface area contributed by atoms with Gasteiger partial charge in [0.15, 0.2) is 5.65 Å². The summed E-state index contributed by atoms with van der Waals surface area (Å²) in [7, 11) is 0. The number of aromatic nitrogens is 3. The molecular formula is C13H18ClN3. The van der Waals surface area contributed by atoms with Crippen LogP contribution in [0.2, 0.25) is 0 Å². The number of imidazole rings is 1. The van der Waals surface area contributed by atoms with E-state index in [2.05, 4.69) is 35.3 Å². The van der Waals surface area contributed by atoms with Crippen LogP contribution < -0.4 is 0 Å². The molecule has 17 heavy (non-hydrogen) atoms. The highest BCUT2D eigenvalue weighted by atomic mass is 35.5. The van der Waals surface area contributed by atoms with E-state index in [1.165, 1.54) is 0 Å². The van der Waals surface area contributed by atoms with Gasteiger partial charge in [-0.1, -0.05) is 13.3 Å². The lowest BCUT2D eigenvalue weighted by Crippen LogP contribution is -2.08. The van der Waals surface area contributed by atoms with Crippen LogP contribution in [0.1, 0.15) is 44.1 Å². The fraction of sp³-hybridized carbons (Fsp3) is 0.538. The second-order valence-electron chi connectivity index (χ2n) is 4.47. The minimum Gasteiger partial charge on any atom is -0.309 e. The maximum absolute atomic E-state index is 5.99. The van der Waals surface area contributed by atoms with Crippen LogP contribution in [0.4, 0.5) is 0 Å². The van der Waals surface area contributed by atoms with E-state index in [-0.39, 0.29) is 0 Å². The predicted molar refractivity (Wildman–Crippen MR) is 71.4 cm³/mol. The lowest BCUT2D eigenvalue weighted by molar-refractivity contribution is 0.498. The Balaban J connectivity index is 2.62. The molecule has 3 nitrogen and oxygen atoms in total. The van der Waals surface area contributed by atoms with Crippen molar-refractivity contribution in [3.8, 4) is 0 Å². The van der Waals surface area contributed by atoms with Gasteiger partial charge in [-0.05, 0) is 31.9 Å². The molecule has 0 spiro atoms. The largest absolute Gasteiger partial charge is 0.309 e. The molecule has 2 aromatic heterocycles. The van der Waals surface area contributed by atoms with E-state index < -0.39 is 0 Å². The lowest BCUT2D eigenvalue weighted by atomic mass is 10.2. The molecule has 2 heterocycles. The summed E-state index contributed by atoms with van der Waals surface area (Å²) in [5.41, 5.74) is 3.09. The van der Waals surface area contributed by atoms with Gasteiger partial charge < -0.3 is 4.57 Å². The highest BCUT2D eigenvalue weighted by molar-refractivity contribution is 6.16. The van der Waals surface area contributed by atoms with Crippen LogP contribution in [0.25, 0.3) is 11.2 Å². The molecule has 1 unspecified atom stereocenters. The molecule has 0 aliphatic heterocycles. The van der Waals surface area contributed by atoms with E-state index >= 15 is 0 Å². The number of fused-ring (bicyclic) bond motifs is 1. The Morgan fingerprint density at radius 1 is 1.47 bits per heavy atom. The minimum absolute atomic E-state index is 0.396. The van der Waals surface area contributed by atoms with E-state index in [1.54, 1.807) is 0 Å². The van der Waals surface area contributed by atoms with Crippen LogP contribution in [0, 0.1) is 6.92 Å². The molecular weight excluding hydrogens is 234 g/mol. The number of aryl methyl sites for hydroxylation is 1. The quantitative estimate of drug-likeness (QED) is 0.773. The van der Waals surface area contributed by atoms with Crippen molar-refractivity contribution in [2.75, 3.05) is 0 Å². The molecule has 2 rings (SSSR count). The van der Waals surface area contributed by atoms with Crippen LogP contribution in [0.3, 0.4) is 0 Å². The molecule has 0 bridgehead atoms. The number of pyridine rings is 1. The molecule has 0 fully saturated rings. The first-order valence-corrected chi connectivity index (χ1v) is 6.60. The third-order valence-electron chi connectivity index (χ3n) is 3.12. The monoisotopic (exact) mass is 251 g/mol. The van der Waals surface area contributed by atoms with Crippen LogP contribution >= 0.6 is 11.6 Å². The summed E-state index contributed by atoms with van der Waals surface area (Å²) >= 11 is 5.99. The Kier molecular flexibility index (Phi) is 3.67. The van der Waals surface area contributed by atoms with Crippen LogP contribution in [-0.4, -0.2) is 14.5 Å². The molecule has 0 radical (unpaired) electrons. The zero-order valence-electron chi connectivity index (χ0n) is 10.6. The van der Waals surface area contributed by atoms with Crippen molar-refractivity contribution in [2.24, 2.45) is 0 Å². The van der Waals surface area contributed by atoms with Crippen molar-refractivity contribution in [2.45, 2.75) is 45.5 Å². The number of hydrogen-bond acceptors (Lipinski definition) is 2. The highest BCUT2D eigenvalue weighted by Crippen LogP contribution is 2.25. The molecule has 0 amide bonds. The van der Waals surface area contributed by atoms with Crippen molar-refractivity contribution < 1.29 is 0 Å². The maximum Gasteiger partial charge on any atom is 0.160 e. The number of halogens is 1. The number of hydrogen-bond donors (Lipinski definition) is 0. The molecule has 0 aliphatic carbocycles. The minimum atomic E-state index is 0.396. The third-order valence-corrected chi connectivity index (χ3v) is 3.36. The van der Waals surface area contributed by atoms with Crippen molar-refractivity contribution in [1.29, 1.82) is 0 Å². The summed E-state index contributed by atoms with van der Waals surface area (Å²) < 4.78 is 2.18. The van der Waals surface area contributed by atoms with E-state index in [9.17, 15) is 0 Å². The number of alkyl halides is 1. The van der Waals surface area contributed by atoms with E-state index in [0.717, 1.165) is 35.4 Å². The molecule has 92 valence electrons. The second kappa shape index (κ2) is 5.05.